The van der Waals surface area contributed by atoms with Crippen LogP contribution < -0.4 is 0 Å². The fourth-order valence-electron chi connectivity index (χ4n) is 4.27. The van der Waals surface area contributed by atoms with Gasteiger partial charge >= 0.3 is 0 Å². The van der Waals surface area contributed by atoms with Crippen molar-refractivity contribution in [3.63, 3.8) is 0 Å². The summed E-state index contributed by atoms with van der Waals surface area (Å²) in [5.41, 5.74) is 5.62. The smallest absolute Gasteiger partial charge is 0.200 e. The summed E-state index contributed by atoms with van der Waals surface area (Å²) in [6.45, 7) is 8.49. The summed E-state index contributed by atoms with van der Waals surface area (Å²) in [7, 11) is 0. The molecule has 0 saturated heterocycles. The lowest BCUT2D eigenvalue weighted by Crippen LogP contribution is -2.25. The number of benzene rings is 3. The van der Waals surface area contributed by atoms with Crippen molar-refractivity contribution in [3.8, 4) is 17.2 Å². The second-order valence-electron chi connectivity index (χ2n) is 9.26. The van der Waals surface area contributed by atoms with E-state index in [1.54, 1.807) is 0 Å². The summed E-state index contributed by atoms with van der Waals surface area (Å²) in [5, 5.41) is 15.3. The van der Waals surface area contributed by atoms with Crippen LogP contribution in [0.2, 0.25) is 0 Å². The van der Waals surface area contributed by atoms with Crippen molar-refractivity contribution in [3.05, 3.63) is 95.7 Å². The SMILES string of the molecule is Cc1ccc(-n2c(Cc3ccccc3)c3ccccc3c2-c2nnnn2C(C)(C)C)cc1. The Hall–Kier alpha value is -3.73. The summed E-state index contributed by atoms with van der Waals surface area (Å²) in [5.74, 6) is 0.772. The first kappa shape index (κ1) is 20.2. The number of fused-ring (bicyclic) bond motifs is 1. The summed E-state index contributed by atoms with van der Waals surface area (Å²) in [6.07, 6.45) is 0.812. The molecule has 0 aliphatic carbocycles. The van der Waals surface area contributed by atoms with Crippen LogP contribution in [0.5, 0.6) is 0 Å². The van der Waals surface area contributed by atoms with Gasteiger partial charge in [-0.15, -0.1) is 5.10 Å². The van der Waals surface area contributed by atoms with Gasteiger partial charge in [0.1, 0.15) is 5.69 Å². The molecule has 0 atom stereocenters. The highest BCUT2D eigenvalue weighted by atomic mass is 15.6. The molecule has 0 N–H and O–H groups in total. The minimum atomic E-state index is -0.248. The molecule has 5 rings (SSSR count). The zero-order valence-electron chi connectivity index (χ0n) is 18.9. The van der Waals surface area contributed by atoms with Gasteiger partial charge in [-0.3, -0.25) is 0 Å². The van der Waals surface area contributed by atoms with E-state index in [2.05, 4.69) is 127 Å². The molecule has 160 valence electrons. The van der Waals surface area contributed by atoms with E-state index in [1.807, 2.05) is 4.68 Å². The van der Waals surface area contributed by atoms with E-state index in [1.165, 1.54) is 22.2 Å². The summed E-state index contributed by atoms with van der Waals surface area (Å²) in [4.78, 5) is 0. The minimum Gasteiger partial charge on any atom is -0.309 e. The third-order valence-electron chi connectivity index (χ3n) is 5.81. The zero-order valence-corrected chi connectivity index (χ0v) is 18.9. The van der Waals surface area contributed by atoms with Crippen molar-refractivity contribution in [2.75, 3.05) is 0 Å². The van der Waals surface area contributed by atoms with Crippen LogP contribution in [0.25, 0.3) is 28.0 Å². The molecular weight excluding hydrogens is 394 g/mol. The van der Waals surface area contributed by atoms with Gasteiger partial charge in [0.2, 0.25) is 0 Å². The second-order valence-corrected chi connectivity index (χ2v) is 9.26. The Balaban J connectivity index is 1.87. The molecule has 5 aromatic rings. The summed E-state index contributed by atoms with van der Waals surface area (Å²) < 4.78 is 4.26. The van der Waals surface area contributed by atoms with Gasteiger partial charge in [0.05, 0.1) is 5.54 Å². The van der Waals surface area contributed by atoms with Crippen LogP contribution in [-0.2, 0) is 12.0 Å². The van der Waals surface area contributed by atoms with E-state index >= 15 is 0 Å². The Kier molecular flexibility index (Phi) is 4.89. The van der Waals surface area contributed by atoms with Gasteiger partial charge in [-0.2, -0.15) is 0 Å². The van der Waals surface area contributed by atoms with Crippen LogP contribution >= 0.6 is 0 Å². The van der Waals surface area contributed by atoms with Gasteiger partial charge in [-0.1, -0.05) is 72.3 Å². The predicted molar refractivity (Wildman–Crippen MR) is 129 cm³/mol. The lowest BCUT2D eigenvalue weighted by atomic mass is 10.1. The Morgan fingerprint density at radius 3 is 2.12 bits per heavy atom. The lowest BCUT2D eigenvalue weighted by molar-refractivity contribution is 0.350. The molecule has 0 unspecified atom stereocenters. The monoisotopic (exact) mass is 421 g/mol. The number of aromatic nitrogens is 5. The van der Waals surface area contributed by atoms with Crippen molar-refractivity contribution >= 4 is 10.8 Å². The zero-order chi connectivity index (χ0) is 22.3. The molecule has 5 nitrogen and oxygen atoms in total. The molecule has 3 aromatic carbocycles. The first-order valence-electron chi connectivity index (χ1n) is 11.0. The average molecular weight is 422 g/mol. The molecule has 0 saturated carbocycles. The van der Waals surface area contributed by atoms with Gasteiger partial charge in [0.25, 0.3) is 0 Å². The molecule has 32 heavy (non-hydrogen) atoms. The number of nitrogens with zero attached hydrogens (tertiary/aromatic N) is 5. The molecule has 0 spiro atoms. The molecule has 2 heterocycles. The predicted octanol–water partition coefficient (Wildman–Crippen LogP) is 5.94. The van der Waals surface area contributed by atoms with Crippen LogP contribution in [0.1, 0.15) is 37.6 Å². The van der Waals surface area contributed by atoms with Gasteiger partial charge < -0.3 is 4.57 Å². The summed E-state index contributed by atoms with van der Waals surface area (Å²) >= 11 is 0. The highest BCUT2D eigenvalue weighted by Gasteiger charge is 2.27. The van der Waals surface area contributed by atoms with Gasteiger partial charge in [0, 0.05) is 28.6 Å². The largest absolute Gasteiger partial charge is 0.309 e. The average Bonchev–Trinajstić information content (AvgIpc) is 3.38. The van der Waals surface area contributed by atoms with E-state index in [4.69, 9.17) is 0 Å². The van der Waals surface area contributed by atoms with Gasteiger partial charge in [0.15, 0.2) is 5.82 Å². The Morgan fingerprint density at radius 2 is 1.44 bits per heavy atom. The maximum absolute atomic E-state index is 4.51. The van der Waals surface area contributed by atoms with E-state index < -0.39 is 0 Å². The number of hydrogen-bond donors (Lipinski definition) is 0. The topological polar surface area (TPSA) is 48.5 Å². The first-order chi connectivity index (χ1) is 15.4. The maximum Gasteiger partial charge on any atom is 0.200 e. The normalized spacial score (nSPS) is 11.9. The molecule has 0 amide bonds. The Labute approximate surface area is 188 Å². The number of tetrazole rings is 1. The molecule has 2 aromatic heterocycles. The molecule has 5 heteroatoms. The maximum atomic E-state index is 4.51. The van der Waals surface area contributed by atoms with E-state index in [-0.39, 0.29) is 5.54 Å². The third-order valence-corrected chi connectivity index (χ3v) is 5.81. The van der Waals surface area contributed by atoms with Crippen molar-refractivity contribution < 1.29 is 0 Å². The molecule has 0 aliphatic rings. The fourth-order valence-corrected chi connectivity index (χ4v) is 4.27. The highest BCUT2D eigenvalue weighted by Crippen LogP contribution is 2.37. The number of rotatable bonds is 4. The highest BCUT2D eigenvalue weighted by molar-refractivity contribution is 5.98. The van der Waals surface area contributed by atoms with Gasteiger partial charge in [-0.25, -0.2) is 4.68 Å². The number of hydrogen-bond acceptors (Lipinski definition) is 3. The lowest BCUT2D eigenvalue weighted by Gasteiger charge is -2.21. The quantitative estimate of drug-likeness (QED) is 0.361. The van der Waals surface area contributed by atoms with E-state index in [0.29, 0.717) is 0 Å². The Bertz CT molecular complexity index is 1370. The minimum absolute atomic E-state index is 0.248. The fraction of sp³-hybridized carbons (Fsp3) is 0.222. The van der Waals surface area contributed by atoms with Crippen LogP contribution in [0.3, 0.4) is 0 Å². The van der Waals surface area contributed by atoms with Crippen molar-refractivity contribution in [2.24, 2.45) is 0 Å². The van der Waals surface area contributed by atoms with Crippen LogP contribution in [0.4, 0.5) is 0 Å². The van der Waals surface area contributed by atoms with E-state index in [9.17, 15) is 0 Å². The summed E-state index contributed by atoms with van der Waals surface area (Å²) in [6, 6.07) is 27.8. The standard InChI is InChI=1S/C27H27N5/c1-19-14-16-21(17-15-19)31-24(18-20-10-6-5-7-11-20)22-12-8-9-13-23(22)25(31)26-28-29-30-32(26)27(2,3)4/h5-17H,18H2,1-4H3. The molecule has 0 bridgehead atoms. The van der Waals surface area contributed by atoms with E-state index in [0.717, 1.165) is 29.0 Å². The van der Waals surface area contributed by atoms with Gasteiger partial charge in [-0.05, 0) is 55.8 Å². The Morgan fingerprint density at radius 1 is 0.781 bits per heavy atom. The van der Waals surface area contributed by atoms with Crippen molar-refractivity contribution in [2.45, 2.75) is 39.7 Å². The first-order valence-corrected chi connectivity index (χ1v) is 11.0. The van der Waals surface area contributed by atoms with Crippen LogP contribution in [0.15, 0.2) is 78.9 Å². The molecule has 0 fully saturated rings. The van der Waals surface area contributed by atoms with Crippen LogP contribution in [0, 0.1) is 6.92 Å². The van der Waals surface area contributed by atoms with Crippen LogP contribution in [-0.4, -0.2) is 24.8 Å². The second kappa shape index (κ2) is 7.75. The van der Waals surface area contributed by atoms with Crippen molar-refractivity contribution in [1.29, 1.82) is 0 Å². The number of aryl methyl sites for hydroxylation is 1. The molecular formula is C27H27N5. The molecule has 0 radical (unpaired) electrons. The molecule has 0 aliphatic heterocycles. The van der Waals surface area contributed by atoms with Crippen molar-refractivity contribution in [1.82, 2.24) is 24.8 Å². The third kappa shape index (κ3) is 3.50.